The van der Waals surface area contributed by atoms with E-state index in [1.165, 1.54) is 18.2 Å². The number of amides is 1. The van der Waals surface area contributed by atoms with Crippen LogP contribution < -0.4 is 5.32 Å². The second-order valence-corrected chi connectivity index (χ2v) is 5.53. The van der Waals surface area contributed by atoms with Crippen molar-refractivity contribution in [2.24, 2.45) is 0 Å². The molecule has 1 heterocycles. The fraction of sp³-hybridized carbons (Fsp3) is 0.0769. The van der Waals surface area contributed by atoms with Crippen molar-refractivity contribution in [2.45, 2.75) is 6.92 Å². The van der Waals surface area contributed by atoms with Crippen molar-refractivity contribution in [3.8, 4) is 5.75 Å². The Morgan fingerprint density at radius 1 is 1.30 bits per heavy atom. The summed E-state index contributed by atoms with van der Waals surface area (Å²) in [5.41, 5.74) is 0.591. The van der Waals surface area contributed by atoms with E-state index in [2.05, 4.69) is 5.32 Å². The van der Waals surface area contributed by atoms with Gasteiger partial charge in [0, 0.05) is 5.02 Å². The van der Waals surface area contributed by atoms with Crippen LogP contribution in [0.1, 0.15) is 25.6 Å². The van der Waals surface area contributed by atoms with E-state index in [0.29, 0.717) is 15.6 Å². The number of phenolic OH excluding ortho intramolecular Hbond substituents is 1. The van der Waals surface area contributed by atoms with E-state index in [0.717, 1.165) is 11.3 Å². The van der Waals surface area contributed by atoms with Crippen molar-refractivity contribution in [1.29, 1.82) is 0 Å². The van der Waals surface area contributed by atoms with Crippen molar-refractivity contribution in [3.05, 3.63) is 45.3 Å². The largest absolute Gasteiger partial charge is 0.507 e. The van der Waals surface area contributed by atoms with Gasteiger partial charge in [-0.3, -0.25) is 4.79 Å². The van der Waals surface area contributed by atoms with Crippen molar-refractivity contribution in [3.63, 3.8) is 0 Å². The van der Waals surface area contributed by atoms with Gasteiger partial charge in [-0.2, -0.15) is 0 Å². The van der Waals surface area contributed by atoms with Crippen molar-refractivity contribution in [2.75, 3.05) is 5.32 Å². The standard InChI is InChI=1S/C13H10ClNO4S/c1-6-4-10(20-11(6)13(18)19)15-12(17)8-5-7(14)2-3-9(8)16/h2-5,16H,1H3,(H,15,17)(H,18,19). The predicted octanol–water partition coefficient (Wildman–Crippen LogP) is 3.37. The Balaban J connectivity index is 2.26. The molecule has 0 aliphatic heterocycles. The number of aryl methyl sites for hydroxylation is 1. The number of carbonyl (C=O) groups is 2. The molecule has 2 aromatic rings. The maximum absolute atomic E-state index is 12.0. The molecule has 104 valence electrons. The summed E-state index contributed by atoms with van der Waals surface area (Å²) in [4.78, 5) is 23.1. The van der Waals surface area contributed by atoms with Crippen molar-refractivity contribution < 1.29 is 19.8 Å². The number of carboxylic acids is 1. The van der Waals surface area contributed by atoms with Crippen molar-refractivity contribution >= 4 is 39.8 Å². The second-order valence-electron chi connectivity index (χ2n) is 4.04. The van der Waals surface area contributed by atoms with Gasteiger partial charge in [0.25, 0.3) is 5.91 Å². The van der Waals surface area contributed by atoms with Crippen LogP contribution in [0.15, 0.2) is 24.3 Å². The average molecular weight is 312 g/mol. The molecular formula is C13H10ClNO4S. The predicted molar refractivity (Wildman–Crippen MR) is 77.1 cm³/mol. The maximum Gasteiger partial charge on any atom is 0.346 e. The van der Waals surface area contributed by atoms with Crippen LogP contribution in [0, 0.1) is 6.92 Å². The number of nitrogens with one attached hydrogen (secondary N) is 1. The van der Waals surface area contributed by atoms with Gasteiger partial charge in [-0.25, -0.2) is 4.79 Å². The first-order chi connectivity index (χ1) is 9.38. The summed E-state index contributed by atoms with van der Waals surface area (Å²) in [6.07, 6.45) is 0. The summed E-state index contributed by atoms with van der Waals surface area (Å²) in [5.74, 6) is -1.79. The molecule has 0 unspecified atom stereocenters. The number of halogens is 1. The summed E-state index contributed by atoms with van der Waals surface area (Å²) in [6, 6.07) is 5.68. The Morgan fingerprint density at radius 2 is 2.00 bits per heavy atom. The topological polar surface area (TPSA) is 86.6 Å². The van der Waals surface area contributed by atoms with Crippen LogP contribution in [-0.4, -0.2) is 22.1 Å². The zero-order chi connectivity index (χ0) is 14.9. The van der Waals surface area contributed by atoms with E-state index in [4.69, 9.17) is 16.7 Å². The molecular weight excluding hydrogens is 302 g/mol. The minimum Gasteiger partial charge on any atom is -0.507 e. The molecule has 20 heavy (non-hydrogen) atoms. The summed E-state index contributed by atoms with van der Waals surface area (Å²) in [7, 11) is 0. The molecule has 7 heteroatoms. The number of carbonyl (C=O) groups excluding carboxylic acids is 1. The molecule has 0 aliphatic rings. The molecule has 1 aromatic heterocycles. The number of aromatic hydroxyl groups is 1. The number of benzene rings is 1. The van der Waals surface area contributed by atoms with Gasteiger partial charge < -0.3 is 15.5 Å². The molecule has 3 N–H and O–H groups in total. The zero-order valence-corrected chi connectivity index (χ0v) is 11.9. The highest BCUT2D eigenvalue weighted by atomic mass is 35.5. The smallest absolute Gasteiger partial charge is 0.346 e. The Bertz CT molecular complexity index is 696. The normalized spacial score (nSPS) is 10.3. The van der Waals surface area contributed by atoms with Crippen molar-refractivity contribution in [1.82, 2.24) is 0 Å². The highest BCUT2D eigenvalue weighted by Gasteiger charge is 2.16. The third kappa shape index (κ3) is 2.92. The maximum atomic E-state index is 12.0. The van der Waals surface area contributed by atoms with Crippen LogP contribution in [0.3, 0.4) is 0 Å². The first-order valence-corrected chi connectivity index (χ1v) is 6.71. The van der Waals surface area contributed by atoms with Gasteiger partial charge in [0.05, 0.1) is 10.6 Å². The van der Waals surface area contributed by atoms with Crippen LogP contribution in [0.2, 0.25) is 5.02 Å². The second kappa shape index (κ2) is 5.52. The highest BCUT2D eigenvalue weighted by molar-refractivity contribution is 7.18. The van der Waals surface area contributed by atoms with Gasteiger partial charge in [-0.15, -0.1) is 11.3 Å². The van der Waals surface area contributed by atoms with E-state index < -0.39 is 11.9 Å². The SMILES string of the molecule is Cc1cc(NC(=O)c2cc(Cl)ccc2O)sc1C(=O)O. The number of carboxylic acid groups (broad SMARTS) is 1. The van der Waals surface area contributed by atoms with Crippen LogP contribution >= 0.6 is 22.9 Å². The molecule has 0 fully saturated rings. The van der Waals surface area contributed by atoms with Gasteiger partial charge in [-0.05, 0) is 36.8 Å². The van der Waals surface area contributed by atoms with Gasteiger partial charge in [-0.1, -0.05) is 11.6 Å². The lowest BCUT2D eigenvalue weighted by atomic mass is 10.2. The number of anilines is 1. The average Bonchev–Trinajstić information content (AvgIpc) is 2.73. The minimum atomic E-state index is -1.04. The van der Waals surface area contributed by atoms with E-state index >= 15 is 0 Å². The molecule has 5 nitrogen and oxygen atoms in total. The van der Waals surface area contributed by atoms with E-state index in [-0.39, 0.29) is 16.2 Å². The van der Waals surface area contributed by atoms with Crippen LogP contribution in [-0.2, 0) is 0 Å². The molecule has 1 aromatic carbocycles. The molecule has 0 aliphatic carbocycles. The summed E-state index contributed by atoms with van der Waals surface area (Å²) in [6.45, 7) is 1.65. The zero-order valence-electron chi connectivity index (χ0n) is 10.3. The van der Waals surface area contributed by atoms with Gasteiger partial charge >= 0.3 is 5.97 Å². The van der Waals surface area contributed by atoms with Gasteiger partial charge in [0.2, 0.25) is 0 Å². The molecule has 0 saturated carbocycles. The van der Waals surface area contributed by atoms with E-state index in [1.54, 1.807) is 13.0 Å². The highest BCUT2D eigenvalue weighted by Crippen LogP contribution is 2.28. The Morgan fingerprint density at radius 3 is 2.60 bits per heavy atom. The number of hydrogen-bond donors (Lipinski definition) is 3. The molecule has 0 saturated heterocycles. The fourth-order valence-electron chi connectivity index (χ4n) is 1.63. The first-order valence-electron chi connectivity index (χ1n) is 5.52. The van der Waals surface area contributed by atoms with E-state index in [1.807, 2.05) is 0 Å². The number of hydrogen-bond acceptors (Lipinski definition) is 4. The fourth-order valence-corrected chi connectivity index (χ4v) is 2.70. The Hall–Kier alpha value is -2.05. The lowest BCUT2D eigenvalue weighted by molar-refractivity contribution is 0.0701. The van der Waals surface area contributed by atoms with E-state index in [9.17, 15) is 14.7 Å². The number of phenols is 1. The minimum absolute atomic E-state index is 0.0282. The number of thiophene rings is 1. The molecule has 2 rings (SSSR count). The lowest BCUT2D eigenvalue weighted by Gasteiger charge is -2.05. The van der Waals surface area contributed by atoms with Gasteiger partial charge in [0.15, 0.2) is 0 Å². The molecule has 0 radical (unpaired) electrons. The number of rotatable bonds is 3. The first kappa shape index (κ1) is 14.4. The summed E-state index contributed by atoms with van der Waals surface area (Å²) >= 11 is 6.72. The third-order valence-corrected chi connectivity index (χ3v) is 3.93. The Kier molecular flexibility index (Phi) is 3.96. The quantitative estimate of drug-likeness (QED) is 0.811. The third-order valence-electron chi connectivity index (χ3n) is 2.55. The number of aromatic carboxylic acids is 1. The summed E-state index contributed by atoms with van der Waals surface area (Å²) in [5, 5.41) is 21.8. The van der Waals surface area contributed by atoms with Gasteiger partial charge in [0.1, 0.15) is 10.6 Å². The molecule has 0 atom stereocenters. The van der Waals surface area contributed by atoms with Crippen LogP contribution in [0.5, 0.6) is 5.75 Å². The molecule has 1 amide bonds. The molecule has 0 spiro atoms. The summed E-state index contributed by atoms with van der Waals surface area (Å²) < 4.78 is 0. The molecule has 0 bridgehead atoms. The van der Waals surface area contributed by atoms with Crippen LogP contribution in [0.4, 0.5) is 5.00 Å². The lowest BCUT2D eigenvalue weighted by Crippen LogP contribution is -2.11. The monoisotopic (exact) mass is 311 g/mol. The van der Waals surface area contributed by atoms with Crippen LogP contribution in [0.25, 0.3) is 0 Å². The Labute approximate surface area is 123 Å².